The molecule has 1 heterocycles. The molecule has 3 rings (SSSR count). The minimum absolute atomic E-state index is 0.247. The van der Waals surface area contributed by atoms with Gasteiger partial charge in [-0.05, 0) is 57.2 Å². The topological polar surface area (TPSA) is 91.8 Å². The summed E-state index contributed by atoms with van der Waals surface area (Å²) in [6, 6.07) is 11.7. The molecule has 0 unspecified atom stereocenters. The molecule has 0 saturated carbocycles. The number of rotatable bonds is 11. The van der Waals surface area contributed by atoms with Crippen molar-refractivity contribution >= 4 is 39.2 Å². The molecule has 0 radical (unpaired) electrons. The molecule has 38 heavy (non-hydrogen) atoms. The van der Waals surface area contributed by atoms with Gasteiger partial charge in [-0.2, -0.15) is 21.6 Å². The Kier molecular flexibility index (Phi) is 9.50. The average molecular weight is 590 g/mol. The van der Waals surface area contributed by atoms with Crippen molar-refractivity contribution in [1.29, 1.82) is 0 Å². The smallest absolute Gasteiger partial charge is 0.416 e. The fraction of sp³-hybridized carbons (Fsp3) is 0.360. The largest absolute Gasteiger partial charge is 0.476 e. The summed E-state index contributed by atoms with van der Waals surface area (Å²) in [5.74, 6) is 0.420. The summed E-state index contributed by atoms with van der Waals surface area (Å²) in [6.45, 7) is 4.91. The van der Waals surface area contributed by atoms with Crippen molar-refractivity contribution in [3.63, 3.8) is 0 Å². The summed E-state index contributed by atoms with van der Waals surface area (Å²) in [5.41, 5.74) is -1.06. The van der Waals surface area contributed by atoms with Gasteiger partial charge in [0.25, 0.3) is 10.1 Å². The Morgan fingerprint density at radius 3 is 2.24 bits per heavy atom. The van der Waals surface area contributed by atoms with Crippen LogP contribution in [0, 0.1) is 0 Å². The summed E-state index contributed by atoms with van der Waals surface area (Å²) in [4.78, 5) is 18.1. The third-order valence-electron chi connectivity index (χ3n) is 4.98. The van der Waals surface area contributed by atoms with E-state index >= 15 is 0 Å². The third-order valence-corrected chi connectivity index (χ3v) is 7.89. The highest BCUT2D eigenvalue weighted by atomic mass is 32.2. The van der Waals surface area contributed by atoms with Crippen LogP contribution in [0.1, 0.15) is 36.9 Å². The summed E-state index contributed by atoms with van der Waals surface area (Å²) >= 11 is 2.70. The highest BCUT2D eigenvalue weighted by Gasteiger charge is 2.32. The van der Waals surface area contributed by atoms with Crippen LogP contribution in [0.15, 0.2) is 53.4 Å². The van der Waals surface area contributed by atoms with Crippen molar-refractivity contribution < 1.29 is 40.0 Å². The normalized spacial score (nSPS) is 12.4. The SMILES string of the molecule is CCOC(=O)C(C)(C)Oc1ccc(SCc2sc(-c3ccc(C(F)(F)F)cc3)nc2COS(C)(=O)=O)cc1. The maximum Gasteiger partial charge on any atom is 0.416 e. The predicted molar refractivity (Wildman–Crippen MR) is 140 cm³/mol. The summed E-state index contributed by atoms with van der Waals surface area (Å²) in [6.07, 6.45) is -3.52. The van der Waals surface area contributed by atoms with Gasteiger partial charge in [0.2, 0.25) is 0 Å². The molecule has 3 aromatic rings. The van der Waals surface area contributed by atoms with E-state index in [0.717, 1.165) is 28.2 Å². The molecule has 0 saturated heterocycles. The van der Waals surface area contributed by atoms with E-state index in [2.05, 4.69) is 4.98 Å². The molecule has 7 nitrogen and oxygen atoms in total. The van der Waals surface area contributed by atoms with Crippen molar-refractivity contribution in [3.05, 3.63) is 64.7 Å². The first-order valence-corrected chi connectivity index (χ1v) is 14.9. The molecule has 0 amide bonds. The van der Waals surface area contributed by atoms with Crippen LogP contribution in [0.4, 0.5) is 13.2 Å². The number of aromatic nitrogens is 1. The zero-order valence-electron chi connectivity index (χ0n) is 21.0. The van der Waals surface area contributed by atoms with Crippen LogP contribution in [0.2, 0.25) is 0 Å². The lowest BCUT2D eigenvalue weighted by Gasteiger charge is -2.24. The third kappa shape index (κ3) is 8.45. The average Bonchev–Trinajstić information content (AvgIpc) is 3.24. The molecule has 0 spiro atoms. The maximum atomic E-state index is 12.9. The first-order chi connectivity index (χ1) is 17.7. The van der Waals surface area contributed by atoms with Crippen LogP contribution < -0.4 is 4.74 Å². The highest BCUT2D eigenvalue weighted by molar-refractivity contribution is 7.98. The second-order valence-corrected chi connectivity index (χ2v) is 12.3. The van der Waals surface area contributed by atoms with Gasteiger partial charge >= 0.3 is 12.1 Å². The maximum absolute atomic E-state index is 12.9. The Bertz CT molecular complexity index is 1350. The zero-order valence-corrected chi connectivity index (χ0v) is 23.4. The fourth-order valence-electron chi connectivity index (χ4n) is 3.09. The van der Waals surface area contributed by atoms with E-state index in [-0.39, 0.29) is 13.2 Å². The number of nitrogens with zero attached hydrogens (tertiary/aromatic N) is 1. The molecular formula is C25H26F3NO6S3. The summed E-state index contributed by atoms with van der Waals surface area (Å²) in [7, 11) is -3.73. The second kappa shape index (κ2) is 12.1. The molecule has 2 aromatic carbocycles. The van der Waals surface area contributed by atoms with Crippen LogP contribution in [0.5, 0.6) is 5.75 Å². The molecule has 0 aliphatic rings. The van der Waals surface area contributed by atoms with Crippen molar-refractivity contribution in [2.75, 3.05) is 12.9 Å². The number of thiazole rings is 1. The van der Waals surface area contributed by atoms with Crippen LogP contribution in [-0.2, 0) is 42.4 Å². The Labute approximate surface area is 227 Å². The van der Waals surface area contributed by atoms with E-state index in [9.17, 15) is 26.4 Å². The van der Waals surface area contributed by atoms with Crippen molar-refractivity contribution in [2.24, 2.45) is 0 Å². The van der Waals surface area contributed by atoms with E-state index in [4.69, 9.17) is 13.7 Å². The number of halogens is 3. The minimum atomic E-state index is -4.45. The van der Waals surface area contributed by atoms with Gasteiger partial charge in [-0.1, -0.05) is 12.1 Å². The molecule has 0 aliphatic carbocycles. The minimum Gasteiger partial charge on any atom is -0.476 e. The molecule has 0 aliphatic heterocycles. The van der Waals surface area contributed by atoms with Gasteiger partial charge in [-0.3, -0.25) is 4.18 Å². The Hall–Kier alpha value is -2.61. The van der Waals surface area contributed by atoms with Crippen molar-refractivity contribution in [2.45, 2.75) is 49.8 Å². The number of alkyl halides is 3. The standard InChI is InChI=1S/C25H26F3NO6S3/c1-5-33-23(30)24(2,3)35-18-10-12-19(13-11-18)36-15-21-20(14-34-38(4,31)32)29-22(37-21)16-6-8-17(9-7-16)25(26,27)28/h6-13H,5,14-15H2,1-4H3. The molecular weight excluding hydrogens is 563 g/mol. The molecule has 0 bridgehead atoms. The number of carbonyl (C=O) groups excluding carboxylic acids is 1. The Morgan fingerprint density at radius 1 is 1.05 bits per heavy atom. The van der Waals surface area contributed by atoms with Crippen LogP contribution in [-0.4, -0.2) is 37.8 Å². The van der Waals surface area contributed by atoms with Gasteiger partial charge in [0, 0.05) is 21.1 Å². The van der Waals surface area contributed by atoms with Gasteiger partial charge in [0.05, 0.1) is 24.1 Å². The number of ether oxygens (including phenoxy) is 2. The van der Waals surface area contributed by atoms with Crippen LogP contribution >= 0.6 is 23.1 Å². The molecule has 0 atom stereocenters. The Balaban J connectivity index is 1.76. The lowest BCUT2D eigenvalue weighted by molar-refractivity contribution is -0.158. The quantitative estimate of drug-likeness (QED) is 0.146. The first kappa shape index (κ1) is 29.9. The van der Waals surface area contributed by atoms with Crippen molar-refractivity contribution in [1.82, 2.24) is 4.98 Å². The zero-order chi connectivity index (χ0) is 28.1. The van der Waals surface area contributed by atoms with E-state index in [0.29, 0.717) is 27.8 Å². The number of esters is 1. The number of hydrogen-bond acceptors (Lipinski definition) is 9. The fourth-order valence-corrected chi connectivity index (χ4v) is 5.49. The van der Waals surface area contributed by atoms with E-state index in [1.807, 2.05) is 12.1 Å². The number of carbonyl (C=O) groups is 1. The van der Waals surface area contributed by atoms with Crippen LogP contribution in [0.25, 0.3) is 10.6 Å². The van der Waals surface area contributed by atoms with Gasteiger partial charge in [-0.15, -0.1) is 23.1 Å². The number of hydrogen-bond donors (Lipinski definition) is 0. The van der Waals surface area contributed by atoms with E-state index in [1.54, 1.807) is 32.9 Å². The summed E-state index contributed by atoms with van der Waals surface area (Å²) < 4.78 is 77.5. The van der Waals surface area contributed by atoms with Gasteiger partial charge in [0.1, 0.15) is 17.4 Å². The monoisotopic (exact) mass is 589 g/mol. The lowest BCUT2D eigenvalue weighted by atomic mass is 10.1. The molecule has 206 valence electrons. The number of thioether (sulfide) groups is 1. The highest BCUT2D eigenvalue weighted by Crippen LogP contribution is 2.36. The van der Waals surface area contributed by atoms with Gasteiger partial charge in [0.15, 0.2) is 5.60 Å². The molecule has 13 heteroatoms. The van der Waals surface area contributed by atoms with Crippen LogP contribution in [0.3, 0.4) is 0 Å². The Morgan fingerprint density at radius 2 is 1.68 bits per heavy atom. The number of benzene rings is 2. The lowest BCUT2D eigenvalue weighted by Crippen LogP contribution is -2.39. The second-order valence-electron chi connectivity index (χ2n) is 8.52. The van der Waals surface area contributed by atoms with Gasteiger partial charge in [-0.25, -0.2) is 9.78 Å². The predicted octanol–water partition coefficient (Wildman–Crippen LogP) is 6.32. The summed E-state index contributed by atoms with van der Waals surface area (Å²) in [5, 5.41) is 0.450. The molecule has 1 aromatic heterocycles. The van der Waals surface area contributed by atoms with E-state index < -0.39 is 33.4 Å². The van der Waals surface area contributed by atoms with Gasteiger partial charge < -0.3 is 9.47 Å². The van der Waals surface area contributed by atoms with Crippen molar-refractivity contribution in [3.8, 4) is 16.3 Å². The van der Waals surface area contributed by atoms with E-state index in [1.165, 1.54) is 35.2 Å². The first-order valence-electron chi connectivity index (χ1n) is 11.3. The molecule has 0 N–H and O–H groups in total. The molecule has 0 fully saturated rings.